The van der Waals surface area contributed by atoms with E-state index in [9.17, 15) is 24.8 Å². The molecule has 1 aromatic carbocycles. The zero-order valence-electron chi connectivity index (χ0n) is 14.3. The molecule has 25 heavy (non-hydrogen) atoms. The minimum atomic E-state index is -1.25. The number of nitro groups is 1. The molecule has 9 nitrogen and oxygen atoms in total. The number of nitro benzene ring substituents is 1. The number of nitrogens with one attached hydrogen (secondary N) is 1. The lowest BCUT2D eigenvalue weighted by Gasteiger charge is -2.19. The van der Waals surface area contributed by atoms with Gasteiger partial charge in [0.1, 0.15) is 6.04 Å². The fourth-order valence-electron chi connectivity index (χ4n) is 1.57. The highest BCUT2D eigenvalue weighted by molar-refractivity contribution is 7.99. The first-order valence-corrected chi connectivity index (χ1v) is 8.20. The van der Waals surface area contributed by atoms with Crippen LogP contribution in [0.15, 0.2) is 23.1 Å². The second-order valence-electron chi connectivity index (χ2n) is 6.02. The SMILES string of the molecule is COc1cccc(SC[C@H](NOC(=O)C(C)(C)C)C(=O)O)c1[N+](=O)[O-]. The summed E-state index contributed by atoms with van der Waals surface area (Å²) in [5.74, 6) is -1.88. The number of benzene rings is 1. The van der Waals surface area contributed by atoms with Gasteiger partial charge in [0.2, 0.25) is 0 Å². The van der Waals surface area contributed by atoms with Gasteiger partial charge in [-0.25, -0.2) is 4.79 Å². The molecule has 0 aliphatic heterocycles. The van der Waals surface area contributed by atoms with Gasteiger partial charge in [0.05, 0.1) is 22.3 Å². The van der Waals surface area contributed by atoms with Gasteiger partial charge in [-0.05, 0) is 32.9 Å². The number of rotatable bonds is 8. The Morgan fingerprint density at radius 1 is 1.40 bits per heavy atom. The number of carboxylic acid groups (broad SMARTS) is 1. The third-order valence-electron chi connectivity index (χ3n) is 2.97. The van der Waals surface area contributed by atoms with E-state index < -0.39 is 28.3 Å². The van der Waals surface area contributed by atoms with E-state index in [0.717, 1.165) is 11.8 Å². The Labute approximate surface area is 148 Å². The van der Waals surface area contributed by atoms with Crippen LogP contribution < -0.4 is 10.2 Å². The molecule has 0 aromatic heterocycles. The van der Waals surface area contributed by atoms with Gasteiger partial charge >= 0.3 is 17.6 Å². The first kappa shape index (κ1) is 20.7. The van der Waals surface area contributed by atoms with Gasteiger partial charge in [-0.1, -0.05) is 6.07 Å². The molecule has 2 N–H and O–H groups in total. The molecule has 10 heteroatoms. The van der Waals surface area contributed by atoms with Crippen molar-refractivity contribution in [3.05, 3.63) is 28.3 Å². The molecule has 0 unspecified atom stereocenters. The average Bonchev–Trinajstić information content (AvgIpc) is 2.52. The molecular weight excluding hydrogens is 352 g/mol. The molecule has 0 radical (unpaired) electrons. The van der Waals surface area contributed by atoms with Gasteiger partial charge in [0.15, 0.2) is 5.75 Å². The summed E-state index contributed by atoms with van der Waals surface area (Å²) in [7, 11) is 1.31. The Kier molecular flexibility index (Phi) is 7.19. The number of carboxylic acids is 1. The zero-order chi connectivity index (χ0) is 19.2. The van der Waals surface area contributed by atoms with Crippen molar-refractivity contribution < 1.29 is 29.2 Å². The van der Waals surface area contributed by atoms with Gasteiger partial charge in [-0.15, -0.1) is 17.2 Å². The van der Waals surface area contributed by atoms with Gasteiger partial charge in [0, 0.05) is 5.75 Å². The smallest absolute Gasteiger partial charge is 0.330 e. The fourth-order valence-corrected chi connectivity index (χ4v) is 2.61. The van der Waals surface area contributed by atoms with Gasteiger partial charge < -0.3 is 14.7 Å². The molecule has 1 aromatic rings. The molecule has 0 amide bonds. The lowest BCUT2D eigenvalue weighted by atomic mass is 9.98. The third-order valence-corrected chi connectivity index (χ3v) is 4.11. The third kappa shape index (κ3) is 5.91. The highest BCUT2D eigenvalue weighted by Gasteiger charge is 2.28. The van der Waals surface area contributed by atoms with Crippen LogP contribution in [0, 0.1) is 15.5 Å². The van der Waals surface area contributed by atoms with Crippen LogP contribution in [0.3, 0.4) is 0 Å². The predicted octanol–water partition coefficient (Wildman–Crippen LogP) is 2.24. The van der Waals surface area contributed by atoms with Crippen molar-refractivity contribution in [2.75, 3.05) is 12.9 Å². The van der Waals surface area contributed by atoms with Crippen molar-refractivity contribution in [3.8, 4) is 5.75 Å². The summed E-state index contributed by atoms with van der Waals surface area (Å²) in [5.41, 5.74) is 1.16. The van der Waals surface area contributed by atoms with Crippen molar-refractivity contribution in [1.29, 1.82) is 0 Å². The maximum absolute atomic E-state index is 11.7. The Balaban J connectivity index is 2.84. The maximum atomic E-state index is 11.7. The molecule has 138 valence electrons. The second-order valence-corrected chi connectivity index (χ2v) is 7.09. The van der Waals surface area contributed by atoms with E-state index in [1.54, 1.807) is 26.8 Å². The monoisotopic (exact) mass is 372 g/mol. The average molecular weight is 372 g/mol. The number of hydroxylamine groups is 1. The van der Waals surface area contributed by atoms with Gasteiger partial charge in [-0.2, -0.15) is 0 Å². The Morgan fingerprint density at radius 2 is 2.04 bits per heavy atom. The normalized spacial score (nSPS) is 12.3. The van der Waals surface area contributed by atoms with E-state index in [4.69, 9.17) is 9.57 Å². The number of carbonyl (C=O) groups is 2. The summed E-state index contributed by atoms with van der Waals surface area (Å²) >= 11 is 0.944. The Morgan fingerprint density at radius 3 is 2.52 bits per heavy atom. The number of thioether (sulfide) groups is 1. The molecule has 0 bridgehead atoms. The summed E-state index contributed by atoms with van der Waals surface area (Å²) in [5, 5.41) is 20.4. The summed E-state index contributed by atoms with van der Waals surface area (Å²) in [6, 6.07) is 3.27. The summed E-state index contributed by atoms with van der Waals surface area (Å²) in [6.45, 7) is 4.88. The molecule has 1 atom stereocenters. The first-order chi connectivity index (χ1) is 11.6. The lowest BCUT2D eigenvalue weighted by Crippen LogP contribution is -2.42. The van der Waals surface area contributed by atoms with Crippen molar-refractivity contribution in [2.45, 2.75) is 31.7 Å². The summed E-state index contributed by atoms with van der Waals surface area (Å²) in [4.78, 5) is 38.7. The van der Waals surface area contributed by atoms with Crippen molar-refractivity contribution in [1.82, 2.24) is 5.48 Å². The minimum absolute atomic E-state index is 0.0778. The second kappa shape index (κ2) is 8.67. The van der Waals surface area contributed by atoms with Gasteiger partial charge in [-0.3, -0.25) is 14.9 Å². The van der Waals surface area contributed by atoms with Crippen LogP contribution in [-0.4, -0.2) is 40.9 Å². The maximum Gasteiger partial charge on any atom is 0.330 e. The number of nitrogens with zero attached hydrogens (tertiary/aromatic N) is 1. The molecule has 0 aliphatic rings. The first-order valence-electron chi connectivity index (χ1n) is 7.21. The molecule has 0 spiro atoms. The Bertz CT molecular complexity index is 658. The van der Waals surface area contributed by atoms with Crippen molar-refractivity contribution in [3.63, 3.8) is 0 Å². The van der Waals surface area contributed by atoms with Crippen LogP contribution >= 0.6 is 11.8 Å². The highest BCUT2D eigenvalue weighted by Crippen LogP contribution is 2.37. The molecule has 0 saturated heterocycles. The van der Waals surface area contributed by atoms with Crippen LogP contribution in [-0.2, 0) is 14.4 Å². The molecular formula is C15H20N2O7S. The van der Waals surface area contributed by atoms with E-state index in [1.807, 2.05) is 0 Å². The van der Waals surface area contributed by atoms with E-state index in [1.165, 1.54) is 19.2 Å². The Hall–Kier alpha value is -2.33. The summed E-state index contributed by atoms with van der Waals surface area (Å²) < 4.78 is 4.96. The summed E-state index contributed by atoms with van der Waals surface area (Å²) in [6.07, 6.45) is 0. The van der Waals surface area contributed by atoms with Crippen LogP contribution in [0.4, 0.5) is 5.69 Å². The molecule has 0 fully saturated rings. The number of aliphatic carboxylic acids is 1. The van der Waals surface area contributed by atoms with E-state index >= 15 is 0 Å². The van der Waals surface area contributed by atoms with E-state index in [2.05, 4.69) is 5.48 Å². The molecule has 0 saturated carbocycles. The van der Waals surface area contributed by atoms with Crippen LogP contribution in [0.25, 0.3) is 0 Å². The molecule has 0 aliphatic carbocycles. The fraction of sp³-hybridized carbons (Fsp3) is 0.467. The quantitative estimate of drug-likeness (QED) is 0.401. The van der Waals surface area contributed by atoms with Crippen molar-refractivity contribution in [2.24, 2.45) is 5.41 Å². The number of hydrogen-bond acceptors (Lipinski definition) is 8. The highest BCUT2D eigenvalue weighted by atomic mass is 32.2. The predicted molar refractivity (Wildman–Crippen MR) is 90.5 cm³/mol. The molecule has 0 heterocycles. The standard InChI is InChI=1S/C15H20N2O7S/c1-15(2,3)14(20)24-16-9(13(18)19)8-25-11-7-5-6-10(23-4)12(11)17(21)22/h5-7,9,16H,8H2,1-4H3,(H,18,19)/t9-/m0/s1. The number of para-hydroxylation sites is 1. The van der Waals surface area contributed by atoms with Crippen molar-refractivity contribution >= 4 is 29.4 Å². The largest absolute Gasteiger partial charge is 0.490 e. The number of hydrogen-bond donors (Lipinski definition) is 2. The van der Waals surface area contributed by atoms with Crippen LogP contribution in [0.1, 0.15) is 20.8 Å². The van der Waals surface area contributed by atoms with Crippen LogP contribution in [0.5, 0.6) is 5.75 Å². The lowest BCUT2D eigenvalue weighted by molar-refractivity contribution is -0.388. The topological polar surface area (TPSA) is 128 Å². The van der Waals surface area contributed by atoms with E-state index in [-0.39, 0.29) is 22.1 Å². The van der Waals surface area contributed by atoms with Gasteiger partial charge in [0.25, 0.3) is 0 Å². The van der Waals surface area contributed by atoms with E-state index in [0.29, 0.717) is 0 Å². The van der Waals surface area contributed by atoms with Crippen LogP contribution in [0.2, 0.25) is 0 Å². The number of ether oxygens (including phenoxy) is 1. The number of methoxy groups -OCH3 is 1. The zero-order valence-corrected chi connectivity index (χ0v) is 15.1. The minimum Gasteiger partial charge on any atom is -0.490 e. The number of carbonyl (C=O) groups excluding carboxylic acids is 1. The molecule has 1 rings (SSSR count).